The molecule has 0 aliphatic rings. The largest absolute Gasteiger partial charge is 0.480 e. The molecule has 0 aromatic rings. The molecule has 0 atom stereocenters. The van der Waals surface area contributed by atoms with Gasteiger partial charge in [0, 0.05) is 13.1 Å². The van der Waals surface area contributed by atoms with Crippen molar-refractivity contribution in [2.75, 3.05) is 19.6 Å². The highest BCUT2D eigenvalue weighted by molar-refractivity contribution is 6.19. The Balaban J connectivity index is 4.02. The smallest absolute Gasteiger partial charge is 0.323 e. The minimum Gasteiger partial charge on any atom is -0.480 e. The van der Waals surface area contributed by atoms with Crippen LogP contribution in [0.15, 0.2) is 0 Å². The van der Waals surface area contributed by atoms with Crippen LogP contribution in [-0.4, -0.2) is 57.3 Å². The van der Waals surface area contributed by atoms with Crippen LogP contribution in [0.1, 0.15) is 0 Å². The third kappa shape index (κ3) is 5.30. The van der Waals surface area contributed by atoms with E-state index in [-0.39, 0.29) is 19.4 Å². The van der Waals surface area contributed by atoms with Crippen LogP contribution in [0.2, 0.25) is 6.32 Å². The highest BCUT2D eigenvalue weighted by Crippen LogP contribution is 1.92. The summed E-state index contributed by atoms with van der Waals surface area (Å²) < 4.78 is 0. The van der Waals surface area contributed by atoms with Gasteiger partial charge in [0.05, 0.1) is 7.85 Å². The predicted molar refractivity (Wildman–Crippen MR) is 48.5 cm³/mol. The van der Waals surface area contributed by atoms with E-state index in [9.17, 15) is 9.59 Å². The van der Waals surface area contributed by atoms with Crippen molar-refractivity contribution in [2.45, 2.75) is 6.32 Å². The van der Waals surface area contributed by atoms with Gasteiger partial charge in [-0.1, -0.05) is 0 Å². The van der Waals surface area contributed by atoms with Crippen molar-refractivity contribution in [3.63, 3.8) is 0 Å². The monoisotopic (exact) mass is 180 g/mol. The summed E-state index contributed by atoms with van der Waals surface area (Å²) in [7, 11) is 10.1. The predicted octanol–water partition coefficient (Wildman–Crippen LogP) is -1.84. The van der Waals surface area contributed by atoms with Crippen LogP contribution in [0, 0.1) is 0 Å². The maximum atomic E-state index is 11.0. The van der Waals surface area contributed by atoms with Gasteiger partial charge in [0.25, 0.3) is 0 Å². The maximum absolute atomic E-state index is 11.0. The van der Waals surface area contributed by atoms with E-state index in [2.05, 4.69) is 5.23 Å². The molecule has 1 amide bonds. The second-order valence-electron chi connectivity index (χ2n) is 2.37. The van der Waals surface area contributed by atoms with E-state index in [0.717, 1.165) is 4.90 Å². The first-order chi connectivity index (χ1) is 6.11. The summed E-state index contributed by atoms with van der Waals surface area (Å²) in [4.78, 5) is 22.5. The molecule has 0 spiro atoms. The molecule has 0 saturated heterocycles. The fourth-order valence-corrected chi connectivity index (χ4v) is 0.784. The Hall–Kier alpha value is -0.970. The first-order valence-electron chi connectivity index (χ1n) is 3.75. The van der Waals surface area contributed by atoms with E-state index >= 15 is 0 Å². The number of aliphatic carboxylic acids is 1. The lowest BCUT2D eigenvalue weighted by Crippen LogP contribution is -2.39. The molecule has 4 radical (unpaired) electrons. The number of amides is 1. The lowest BCUT2D eigenvalue weighted by atomic mass is 10.0. The number of carbonyl (C=O) groups excluding carboxylic acids is 1. The SMILES string of the molecule is [B]CC(=O)N(CCN[B])CC(=O)O. The standard InChI is InChI=1S/C6H10B2N2O3/c7-3-5(11)10(2-1-9-8)4-6(12)13/h9H,1-4H2,(H,12,13). The number of carbonyl (C=O) groups is 2. The van der Waals surface area contributed by atoms with E-state index in [1.165, 1.54) is 0 Å². The highest BCUT2D eigenvalue weighted by atomic mass is 16.4. The Labute approximate surface area is 79.3 Å². The Bertz CT molecular complexity index is 189. The van der Waals surface area contributed by atoms with E-state index in [0.29, 0.717) is 6.54 Å². The quantitative estimate of drug-likeness (QED) is 0.471. The van der Waals surface area contributed by atoms with Crippen LogP contribution in [0.3, 0.4) is 0 Å². The average molecular weight is 180 g/mol. The summed E-state index contributed by atoms with van der Waals surface area (Å²) in [5, 5.41) is 10.8. The maximum Gasteiger partial charge on any atom is 0.323 e. The second-order valence-corrected chi connectivity index (χ2v) is 2.37. The van der Waals surface area contributed by atoms with Crippen molar-refractivity contribution in [2.24, 2.45) is 0 Å². The molecular formula is C6H10B2N2O3. The van der Waals surface area contributed by atoms with Crippen molar-refractivity contribution in [3.8, 4) is 0 Å². The zero-order valence-electron chi connectivity index (χ0n) is 7.19. The van der Waals surface area contributed by atoms with Gasteiger partial charge in [0.15, 0.2) is 7.98 Å². The van der Waals surface area contributed by atoms with Gasteiger partial charge in [-0.2, -0.15) is 0 Å². The molecule has 0 aliphatic carbocycles. The van der Waals surface area contributed by atoms with Crippen molar-refractivity contribution in [1.82, 2.24) is 10.1 Å². The number of carboxylic acid groups (broad SMARTS) is 1. The molecule has 13 heavy (non-hydrogen) atoms. The van der Waals surface area contributed by atoms with Crippen molar-refractivity contribution < 1.29 is 14.7 Å². The molecule has 68 valence electrons. The molecule has 0 aromatic heterocycles. The first-order valence-corrected chi connectivity index (χ1v) is 3.75. The normalized spacial score (nSPS) is 9.54. The van der Waals surface area contributed by atoms with Crippen molar-refractivity contribution >= 4 is 27.7 Å². The molecule has 0 aromatic carbocycles. The average Bonchev–Trinajstić information content (AvgIpc) is 2.10. The summed E-state index contributed by atoms with van der Waals surface area (Å²) in [5.74, 6) is -1.48. The van der Waals surface area contributed by atoms with E-state index in [1.807, 2.05) is 0 Å². The topological polar surface area (TPSA) is 69.6 Å². The molecule has 5 nitrogen and oxygen atoms in total. The minimum atomic E-state index is -1.07. The van der Waals surface area contributed by atoms with Gasteiger partial charge in [-0.05, 0) is 6.32 Å². The van der Waals surface area contributed by atoms with Gasteiger partial charge in [0.1, 0.15) is 6.54 Å². The Morgan fingerprint density at radius 3 is 2.46 bits per heavy atom. The Morgan fingerprint density at radius 1 is 1.46 bits per heavy atom. The molecule has 0 bridgehead atoms. The zero-order valence-corrected chi connectivity index (χ0v) is 7.19. The molecule has 0 aliphatic heterocycles. The number of hydrogen-bond acceptors (Lipinski definition) is 3. The van der Waals surface area contributed by atoms with Gasteiger partial charge >= 0.3 is 5.97 Å². The first kappa shape index (κ1) is 12.0. The minimum absolute atomic E-state index is 0.197. The molecule has 2 N–H and O–H groups in total. The summed E-state index contributed by atoms with van der Waals surface area (Å²) in [6, 6.07) is 0. The van der Waals surface area contributed by atoms with Crippen LogP contribution in [-0.2, 0) is 9.59 Å². The highest BCUT2D eigenvalue weighted by Gasteiger charge is 2.13. The summed E-state index contributed by atoms with van der Waals surface area (Å²) in [6.07, 6.45) is -0.197. The lowest BCUT2D eigenvalue weighted by molar-refractivity contribution is -0.143. The Morgan fingerprint density at radius 2 is 2.08 bits per heavy atom. The summed E-state index contributed by atoms with van der Waals surface area (Å²) in [5.41, 5.74) is 0. The van der Waals surface area contributed by atoms with Crippen LogP contribution in [0.25, 0.3) is 0 Å². The lowest BCUT2D eigenvalue weighted by Gasteiger charge is -2.19. The summed E-state index contributed by atoms with van der Waals surface area (Å²) in [6.45, 7) is 0.218. The number of rotatable bonds is 6. The van der Waals surface area contributed by atoms with Gasteiger partial charge in [-0.25, -0.2) is 0 Å². The summed E-state index contributed by atoms with van der Waals surface area (Å²) >= 11 is 0. The molecule has 0 heterocycles. The van der Waals surface area contributed by atoms with Crippen LogP contribution < -0.4 is 5.23 Å². The third-order valence-electron chi connectivity index (χ3n) is 1.38. The van der Waals surface area contributed by atoms with Gasteiger partial charge < -0.3 is 15.2 Å². The van der Waals surface area contributed by atoms with E-state index in [1.54, 1.807) is 0 Å². The zero-order chi connectivity index (χ0) is 10.3. The fourth-order valence-electron chi connectivity index (χ4n) is 0.784. The molecule has 0 rings (SSSR count). The van der Waals surface area contributed by atoms with Gasteiger partial charge in [-0.15, -0.1) is 0 Å². The van der Waals surface area contributed by atoms with E-state index in [4.69, 9.17) is 20.9 Å². The fraction of sp³-hybridized carbons (Fsp3) is 0.667. The van der Waals surface area contributed by atoms with Crippen molar-refractivity contribution in [1.29, 1.82) is 0 Å². The number of carboxylic acids is 1. The number of nitrogens with zero attached hydrogens (tertiary/aromatic N) is 1. The van der Waals surface area contributed by atoms with Crippen LogP contribution in [0.5, 0.6) is 0 Å². The molecule has 0 saturated carbocycles. The number of nitrogens with one attached hydrogen (secondary N) is 1. The molecular weight excluding hydrogens is 170 g/mol. The third-order valence-corrected chi connectivity index (χ3v) is 1.38. The van der Waals surface area contributed by atoms with Crippen molar-refractivity contribution in [3.05, 3.63) is 0 Å². The molecule has 7 heteroatoms. The molecule has 0 fully saturated rings. The second kappa shape index (κ2) is 6.54. The number of hydrogen-bond donors (Lipinski definition) is 2. The van der Waals surface area contributed by atoms with E-state index < -0.39 is 11.9 Å². The van der Waals surface area contributed by atoms with Crippen LogP contribution >= 0.6 is 0 Å². The van der Waals surface area contributed by atoms with Gasteiger partial charge in [-0.3, -0.25) is 9.59 Å². The van der Waals surface area contributed by atoms with Gasteiger partial charge in [0.2, 0.25) is 5.91 Å². The van der Waals surface area contributed by atoms with Crippen LogP contribution in [0.4, 0.5) is 0 Å². The molecule has 0 unspecified atom stereocenters. The Kier molecular flexibility index (Phi) is 6.05.